The summed E-state index contributed by atoms with van der Waals surface area (Å²) in [5.74, 6) is 0.455. The van der Waals surface area contributed by atoms with Crippen LogP contribution in [0.5, 0.6) is 5.75 Å². The van der Waals surface area contributed by atoms with E-state index in [4.69, 9.17) is 9.84 Å². The molecule has 3 N–H and O–H groups in total. The molecule has 0 aliphatic rings. The summed E-state index contributed by atoms with van der Waals surface area (Å²) in [5.41, 5.74) is 0.624. The Morgan fingerprint density at radius 1 is 1.45 bits per heavy atom. The van der Waals surface area contributed by atoms with Crippen molar-refractivity contribution in [3.8, 4) is 5.75 Å². The lowest BCUT2D eigenvalue weighted by Crippen LogP contribution is -2.24. The van der Waals surface area contributed by atoms with Crippen LogP contribution < -0.4 is 10.1 Å². The highest BCUT2D eigenvalue weighted by molar-refractivity contribution is 5.43. The van der Waals surface area contributed by atoms with Crippen LogP contribution >= 0.6 is 0 Å². The van der Waals surface area contributed by atoms with Crippen LogP contribution in [0.15, 0.2) is 18.2 Å². The van der Waals surface area contributed by atoms with E-state index in [0.29, 0.717) is 17.9 Å². The van der Waals surface area contributed by atoms with Gasteiger partial charge in [0.1, 0.15) is 18.5 Å². The highest BCUT2D eigenvalue weighted by Gasteiger charge is 2.13. The zero-order chi connectivity index (χ0) is 15.1. The number of rotatable bonds is 8. The lowest BCUT2D eigenvalue weighted by atomic mass is 10.1. The molecule has 0 aromatic heterocycles. The molecule has 0 spiro atoms. The van der Waals surface area contributed by atoms with Crippen LogP contribution in [0, 0.1) is 10.1 Å². The molecule has 0 radical (unpaired) electrons. The van der Waals surface area contributed by atoms with Gasteiger partial charge in [-0.05, 0) is 6.07 Å². The maximum Gasteiger partial charge on any atom is 0.270 e. The fourth-order valence-electron chi connectivity index (χ4n) is 1.51. The van der Waals surface area contributed by atoms with Crippen molar-refractivity contribution >= 4 is 5.69 Å². The molecule has 1 rings (SSSR count). The molecule has 0 saturated carbocycles. The molecule has 1 atom stereocenters. The number of nitro groups is 1. The molecular formula is C13H20N2O5. The van der Waals surface area contributed by atoms with Crippen LogP contribution in [0.1, 0.15) is 19.4 Å². The molecule has 0 fully saturated rings. The predicted molar refractivity (Wildman–Crippen MR) is 73.7 cm³/mol. The summed E-state index contributed by atoms with van der Waals surface area (Å²) in [4.78, 5) is 10.3. The van der Waals surface area contributed by atoms with Crippen LogP contribution in [0.4, 0.5) is 5.69 Å². The largest absolute Gasteiger partial charge is 0.490 e. The van der Waals surface area contributed by atoms with Crippen LogP contribution in [-0.2, 0) is 6.54 Å². The van der Waals surface area contributed by atoms with Crippen molar-refractivity contribution in [2.45, 2.75) is 32.5 Å². The second kappa shape index (κ2) is 7.78. The summed E-state index contributed by atoms with van der Waals surface area (Å²) in [6.45, 7) is 3.89. The number of hydrogen-bond acceptors (Lipinski definition) is 6. The van der Waals surface area contributed by atoms with Gasteiger partial charge in [0.25, 0.3) is 5.69 Å². The van der Waals surface area contributed by atoms with E-state index in [0.717, 1.165) is 0 Å². The van der Waals surface area contributed by atoms with Crippen LogP contribution in [0.3, 0.4) is 0 Å². The normalized spacial score (nSPS) is 12.4. The zero-order valence-corrected chi connectivity index (χ0v) is 11.6. The third kappa shape index (κ3) is 5.12. The van der Waals surface area contributed by atoms with Gasteiger partial charge in [-0.25, -0.2) is 0 Å². The van der Waals surface area contributed by atoms with E-state index in [1.165, 1.54) is 18.2 Å². The Bertz CT molecular complexity index is 450. The first kappa shape index (κ1) is 16.4. The first-order valence-corrected chi connectivity index (χ1v) is 6.36. The maximum absolute atomic E-state index is 10.8. The number of benzene rings is 1. The second-order valence-electron chi connectivity index (χ2n) is 4.73. The highest BCUT2D eigenvalue weighted by atomic mass is 16.6. The number of non-ortho nitro benzene ring substituents is 1. The van der Waals surface area contributed by atoms with E-state index in [1.54, 1.807) is 0 Å². The van der Waals surface area contributed by atoms with E-state index in [1.807, 2.05) is 13.8 Å². The molecule has 112 valence electrons. The van der Waals surface area contributed by atoms with Gasteiger partial charge in [0, 0.05) is 30.3 Å². The quantitative estimate of drug-likeness (QED) is 0.482. The summed E-state index contributed by atoms with van der Waals surface area (Å²) in [6.07, 6.45) is -0.976. The van der Waals surface area contributed by atoms with Crippen LogP contribution in [0.25, 0.3) is 0 Å². The Balaban J connectivity index is 2.87. The minimum absolute atomic E-state index is 0.0133. The van der Waals surface area contributed by atoms with E-state index >= 15 is 0 Å². The molecule has 0 aliphatic heterocycles. The van der Waals surface area contributed by atoms with Crippen LogP contribution in [0.2, 0.25) is 0 Å². The molecule has 0 heterocycles. The molecule has 7 heteroatoms. The summed E-state index contributed by atoms with van der Waals surface area (Å²) < 4.78 is 5.38. The molecule has 0 saturated heterocycles. The van der Waals surface area contributed by atoms with Gasteiger partial charge in [0.2, 0.25) is 0 Å². The highest BCUT2D eigenvalue weighted by Crippen LogP contribution is 2.24. The summed E-state index contributed by atoms with van der Waals surface area (Å²) in [7, 11) is 0. The zero-order valence-electron chi connectivity index (χ0n) is 11.6. The topological polar surface area (TPSA) is 105 Å². The number of nitrogens with one attached hydrogen (secondary N) is 1. The molecule has 7 nitrogen and oxygen atoms in total. The molecule has 0 bridgehead atoms. The van der Waals surface area contributed by atoms with Crippen molar-refractivity contribution in [3.63, 3.8) is 0 Å². The molecule has 20 heavy (non-hydrogen) atoms. The van der Waals surface area contributed by atoms with Crippen molar-refractivity contribution in [1.29, 1.82) is 0 Å². The van der Waals surface area contributed by atoms with Crippen molar-refractivity contribution < 1.29 is 19.9 Å². The molecule has 1 unspecified atom stereocenters. The second-order valence-corrected chi connectivity index (χ2v) is 4.73. The minimum atomic E-state index is -0.976. The van der Waals surface area contributed by atoms with Gasteiger partial charge in [-0.15, -0.1) is 0 Å². The van der Waals surface area contributed by atoms with Gasteiger partial charge >= 0.3 is 0 Å². The van der Waals surface area contributed by atoms with Crippen LogP contribution in [-0.4, -0.2) is 40.5 Å². The summed E-state index contributed by atoms with van der Waals surface area (Å²) in [6, 6.07) is 4.51. The SMILES string of the molecule is CC(C)NCc1cc([N+](=O)[O-])ccc1OCC(O)CO. The van der Waals surface area contributed by atoms with Crippen molar-refractivity contribution in [1.82, 2.24) is 5.32 Å². The smallest absolute Gasteiger partial charge is 0.270 e. The Labute approximate surface area is 117 Å². The van der Waals surface area contributed by atoms with E-state index in [9.17, 15) is 15.2 Å². The number of aliphatic hydroxyl groups excluding tert-OH is 2. The molecule has 0 aliphatic carbocycles. The standard InChI is InChI=1S/C13H20N2O5/c1-9(2)14-6-10-5-11(15(18)19)3-4-13(10)20-8-12(17)7-16/h3-5,9,12,14,16-17H,6-8H2,1-2H3. The lowest BCUT2D eigenvalue weighted by molar-refractivity contribution is -0.384. The van der Waals surface area contributed by atoms with Gasteiger partial charge in [-0.1, -0.05) is 13.8 Å². The third-order valence-corrected chi connectivity index (χ3v) is 2.60. The average molecular weight is 284 g/mol. The van der Waals surface area contributed by atoms with E-state index in [-0.39, 0.29) is 18.3 Å². The van der Waals surface area contributed by atoms with E-state index < -0.39 is 17.6 Å². The van der Waals surface area contributed by atoms with Crippen molar-refractivity contribution in [2.24, 2.45) is 0 Å². The first-order chi connectivity index (χ1) is 9.43. The minimum Gasteiger partial charge on any atom is -0.490 e. The number of ether oxygens (including phenoxy) is 1. The van der Waals surface area contributed by atoms with Crippen molar-refractivity contribution in [3.05, 3.63) is 33.9 Å². The van der Waals surface area contributed by atoms with Gasteiger partial charge in [0.15, 0.2) is 0 Å². The number of nitrogens with zero attached hydrogens (tertiary/aromatic N) is 1. The summed E-state index contributed by atoms with van der Waals surface area (Å²) >= 11 is 0. The first-order valence-electron chi connectivity index (χ1n) is 6.36. The van der Waals surface area contributed by atoms with E-state index in [2.05, 4.69) is 5.32 Å². The third-order valence-electron chi connectivity index (χ3n) is 2.60. The Morgan fingerprint density at radius 2 is 2.15 bits per heavy atom. The average Bonchev–Trinajstić information content (AvgIpc) is 2.42. The number of nitro benzene ring substituents is 1. The maximum atomic E-state index is 10.8. The van der Waals surface area contributed by atoms with Gasteiger partial charge in [-0.2, -0.15) is 0 Å². The number of hydrogen-bond donors (Lipinski definition) is 3. The Hall–Kier alpha value is -1.70. The number of aliphatic hydroxyl groups is 2. The van der Waals surface area contributed by atoms with Gasteiger partial charge in [-0.3, -0.25) is 10.1 Å². The molecular weight excluding hydrogens is 264 g/mol. The molecule has 1 aromatic carbocycles. The summed E-state index contributed by atoms with van der Waals surface area (Å²) in [5, 5.41) is 32.0. The lowest BCUT2D eigenvalue weighted by Gasteiger charge is -2.15. The monoisotopic (exact) mass is 284 g/mol. The Kier molecular flexibility index (Phi) is 6.37. The van der Waals surface area contributed by atoms with Gasteiger partial charge < -0.3 is 20.3 Å². The fraction of sp³-hybridized carbons (Fsp3) is 0.538. The van der Waals surface area contributed by atoms with Gasteiger partial charge in [0.05, 0.1) is 11.5 Å². The predicted octanol–water partition coefficient (Wildman–Crippen LogP) is 0.825. The van der Waals surface area contributed by atoms with Crippen molar-refractivity contribution in [2.75, 3.05) is 13.2 Å². The Morgan fingerprint density at radius 3 is 2.70 bits per heavy atom. The molecule has 0 amide bonds. The molecule has 1 aromatic rings. The fourth-order valence-corrected chi connectivity index (χ4v) is 1.51.